The summed E-state index contributed by atoms with van der Waals surface area (Å²) in [5.74, 6) is 0.419. The van der Waals surface area contributed by atoms with E-state index in [1.54, 1.807) is 16.6 Å². The van der Waals surface area contributed by atoms with Crippen molar-refractivity contribution >= 4 is 5.65 Å². The Hall–Kier alpha value is -2.23. The number of rotatable bonds is 2. The zero-order chi connectivity index (χ0) is 12.5. The molecule has 0 saturated carbocycles. The summed E-state index contributed by atoms with van der Waals surface area (Å²) in [7, 11) is 0. The first-order valence-electron chi connectivity index (χ1n) is 5.79. The van der Waals surface area contributed by atoms with Gasteiger partial charge in [-0.1, -0.05) is 24.3 Å². The van der Waals surface area contributed by atoms with E-state index in [0.717, 1.165) is 11.3 Å². The van der Waals surface area contributed by atoms with Crippen molar-refractivity contribution in [2.75, 3.05) is 0 Å². The lowest BCUT2D eigenvalue weighted by Crippen LogP contribution is -1.96. The number of benzene rings is 1. The standard InChI is InChI=1S/C14H12FN3/c1-10-5-4-8-14-16-13(17-18(10)14)9-11-6-2-3-7-12(11)15/h2-8H,9H2,1H3. The molecule has 3 aromatic rings. The maximum Gasteiger partial charge on any atom is 0.156 e. The van der Waals surface area contributed by atoms with E-state index in [1.807, 2.05) is 31.2 Å². The first kappa shape index (κ1) is 10.9. The largest absolute Gasteiger partial charge is 0.218 e. The lowest BCUT2D eigenvalue weighted by molar-refractivity contribution is 0.612. The van der Waals surface area contributed by atoms with Gasteiger partial charge in [0, 0.05) is 12.1 Å². The van der Waals surface area contributed by atoms with Crippen molar-refractivity contribution in [1.82, 2.24) is 14.6 Å². The Morgan fingerprint density at radius 3 is 2.72 bits per heavy atom. The van der Waals surface area contributed by atoms with Crippen molar-refractivity contribution in [2.45, 2.75) is 13.3 Å². The summed E-state index contributed by atoms with van der Waals surface area (Å²) in [6.45, 7) is 1.97. The second-order valence-electron chi connectivity index (χ2n) is 4.23. The van der Waals surface area contributed by atoms with Gasteiger partial charge in [-0.2, -0.15) is 5.10 Å². The number of pyridine rings is 1. The molecule has 0 aliphatic rings. The maximum absolute atomic E-state index is 13.5. The second-order valence-corrected chi connectivity index (χ2v) is 4.23. The van der Waals surface area contributed by atoms with Gasteiger partial charge in [-0.25, -0.2) is 13.9 Å². The van der Waals surface area contributed by atoms with Gasteiger partial charge in [0.25, 0.3) is 0 Å². The topological polar surface area (TPSA) is 30.2 Å². The Morgan fingerprint density at radius 2 is 1.94 bits per heavy atom. The Balaban J connectivity index is 2.01. The summed E-state index contributed by atoms with van der Waals surface area (Å²) in [4.78, 5) is 4.40. The van der Waals surface area contributed by atoms with Crippen LogP contribution >= 0.6 is 0 Å². The molecule has 3 rings (SSSR count). The Kier molecular flexibility index (Phi) is 2.55. The lowest BCUT2D eigenvalue weighted by atomic mass is 10.1. The number of hydrogen-bond donors (Lipinski definition) is 0. The van der Waals surface area contributed by atoms with Crippen molar-refractivity contribution in [3.05, 3.63) is 65.4 Å². The van der Waals surface area contributed by atoms with Crippen LogP contribution < -0.4 is 0 Å². The molecule has 0 radical (unpaired) electrons. The van der Waals surface area contributed by atoms with E-state index >= 15 is 0 Å². The molecule has 0 saturated heterocycles. The molecule has 90 valence electrons. The van der Waals surface area contributed by atoms with Crippen LogP contribution in [0.15, 0.2) is 42.5 Å². The van der Waals surface area contributed by atoms with Gasteiger partial charge in [-0.05, 0) is 30.7 Å². The molecule has 2 heterocycles. The number of hydrogen-bond acceptors (Lipinski definition) is 2. The van der Waals surface area contributed by atoms with Crippen LogP contribution in [0.25, 0.3) is 5.65 Å². The van der Waals surface area contributed by atoms with E-state index in [9.17, 15) is 4.39 Å². The zero-order valence-corrected chi connectivity index (χ0v) is 9.97. The molecule has 1 aromatic carbocycles. The highest BCUT2D eigenvalue weighted by Gasteiger charge is 2.08. The summed E-state index contributed by atoms with van der Waals surface area (Å²) in [5.41, 5.74) is 2.42. The van der Waals surface area contributed by atoms with E-state index in [-0.39, 0.29) is 5.82 Å². The number of halogens is 1. The molecule has 18 heavy (non-hydrogen) atoms. The van der Waals surface area contributed by atoms with Crippen molar-refractivity contribution in [3.63, 3.8) is 0 Å². The molecule has 3 nitrogen and oxygen atoms in total. The van der Waals surface area contributed by atoms with Crippen LogP contribution in [0, 0.1) is 12.7 Å². The predicted octanol–water partition coefficient (Wildman–Crippen LogP) is 2.77. The van der Waals surface area contributed by atoms with Crippen LogP contribution in [0.2, 0.25) is 0 Å². The van der Waals surface area contributed by atoms with Gasteiger partial charge in [0.05, 0.1) is 0 Å². The molecule has 0 bridgehead atoms. The molecule has 0 N–H and O–H groups in total. The van der Waals surface area contributed by atoms with Crippen LogP contribution in [0.4, 0.5) is 4.39 Å². The van der Waals surface area contributed by atoms with Crippen molar-refractivity contribution in [2.24, 2.45) is 0 Å². The smallest absolute Gasteiger partial charge is 0.156 e. The molecular formula is C14H12FN3. The minimum atomic E-state index is -0.215. The highest BCUT2D eigenvalue weighted by Crippen LogP contribution is 2.12. The monoisotopic (exact) mass is 241 g/mol. The highest BCUT2D eigenvalue weighted by molar-refractivity contribution is 5.39. The number of aromatic nitrogens is 3. The van der Waals surface area contributed by atoms with Crippen LogP contribution in [-0.2, 0) is 6.42 Å². The van der Waals surface area contributed by atoms with Crippen LogP contribution in [0.1, 0.15) is 17.1 Å². The lowest BCUT2D eigenvalue weighted by Gasteiger charge is -1.98. The first-order valence-corrected chi connectivity index (χ1v) is 5.79. The zero-order valence-electron chi connectivity index (χ0n) is 9.97. The van der Waals surface area contributed by atoms with E-state index in [1.165, 1.54) is 6.07 Å². The normalized spacial score (nSPS) is 11.0. The van der Waals surface area contributed by atoms with Crippen LogP contribution in [0.3, 0.4) is 0 Å². The third-order valence-electron chi connectivity index (χ3n) is 2.90. The van der Waals surface area contributed by atoms with Gasteiger partial charge in [-0.15, -0.1) is 0 Å². The quantitative estimate of drug-likeness (QED) is 0.690. The fraction of sp³-hybridized carbons (Fsp3) is 0.143. The summed E-state index contributed by atoms with van der Waals surface area (Å²) in [6.07, 6.45) is 0.411. The molecule has 0 unspecified atom stereocenters. The average Bonchev–Trinajstić information content (AvgIpc) is 2.76. The van der Waals surface area contributed by atoms with E-state index < -0.39 is 0 Å². The molecule has 0 fully saturated rings. The third-order valence-corrected chi connectivity index (χ3v) is 2.90. The van der Waals surface area contributed by atoms with Gasteiger partial charge >= 0.3 is 0 Å². The van der Waals surface area contributed by atoms with Crippen LogP contribution in [-0.4, -0.2) is 14.6 Å². The molecule has 0 aliphatic heterocycles. The summed E-state index contributed by atoms with van der Waals surface area (Å²) in [6, 6.07) is 12.5. The van der Waals surface area contributed by atoms with Crippen LogP contribution in [0.5, 0.6) is 0 Å². The molecular weight excluding hydrogens is 229 g/mol. The van der Waals surface area contributed by atoms with E-state index in [2.05, 4.69) is 10.1 Å². The number of nitrogens with zero attached hydrogens (tertiary/aromatic N) is 3. The van der Waals surface area contributed by atoms with Crippen molar-refractivity contribution in [3.8, 4) is 0 Å². The summed E-state index contributed by atoms with van der Waals surface area (Å²) < 4.78 is 15.3. The van der Waals surface area contributed by atoms with Crippen molar-refractivity contribution in [1.29, 1.82) is 0 Å². The fourth-order valence-corrected chi connectivity index (χ4v) is 1.97. The fourth-order valence-electron chi connectivity index (χ4n) is 1.97. The Morgan fingerprint density at radius 1 is 1.11 bits per heavy atom. The van der Waals surface area contributed by atoms with Gasteiger partial charge in [0.1, 0.15) is 5.82 Å². The molecule has 0 aliphatic carbocycles. The van der Waals surface area contributed by atoms with Crippen molar-refractivity contribution < 1.29 is 4.39 Å². The molecule has 0 atom stereocenters. The number of fused-ring (bicyclic) bond motifs is 1. The minimum Gasteiger partial charge on any atom is -0.218 e. The minimum absolute atomic E-state index is 0.215. The summed E-state index contributed by atoms with van der Waals surface area (Å²) >= 11 is 0. The molecule has 4 heteroatoms. The average molecular weight is 241 g/mol. The van der Waals surface area contributed by atoms with Gasteiger partial charge in [-0.3, -0.25) is 0 Å². The third kappa shape index (κ3) is 1.86. The molecule has 0 amide bonds. The second kappa shape index (κ2) is 4.22. The van der Waals surface area contributed by atoms with E-state index in [4.69, 9.17) is 0 Å². The molecule has 0 spiro atoms. The maximum atomic E-state index is 13.5. The van der Waals surface area contributed by atoms with E-state index in [0.29, 0.717) is 17.8 Å². The first-order chi connectivity index (χ1) is 8.74. The Bertz CT molecular complexity index is 703. The Labute approximate surface area is 104 Å². The van der Waals surface area contributed by atoms with Gasteiger partial charge in [0.15, 0.2) is 11.5 Å². The van der Waals surface area contributed by atoms with Gasteiger partial charge < -0.3 is 0 Å². The molecule has 2 aromatic heterocycles. The number of aryl methyl sites for hydroxylation is 1. The summed E-state index contributed by atoms with van der Waals surface area (Å²) in [5, 5.41) is 4.39. The predicted molar refractivity (Wildman–Crippen MR) is 66.9 cm³/mol. The SMILES string of the molecule is Cc1cccc2nc(Cc3ccccc3F)nn12. The van der Waals surface area contributed by atoms with Gasteiger partial charge in [0.2, 0.25) is 0 Å². The highest BCUT2D eigenvalue weighted by atomic mass is 19.1.